The molecule has 0 bridgehead atoms. The maximum absolute atomic E-state index is 11.1. The number of aromatic nitrogens is 1. The van der Waals surface area contributed by atoms with Gasteiger partial charge in [0.15, 0.2) is 0 Å². The van der Waals surface area contributed by atoms with E-state index in [-0.39, 0.29) is 5.91 Å². The molecule has 1 aromatic heterocycles. The molecule has 1 aromatic carbocycles. The van der Waals surface area contributed by atoms with Gasteiger partial charge in [-0.3, -0.25) is 9.78 Å². The molecule has 4 nitrogen and oxygen atoms in total. The van der Waals surface area contributed by atoms with Gasteiger partial charge in [0.25, 0.3) is 0 Å². The van der Waals surface area contributed by atoms with Gasteiger partial charge in [-0.15, -0.1) is 0 Å². The summed E-state index contributed by atoms with van der Waals surface area (Å²) in [7, 11) is 4.00. The number of benzene rings is 1. The Labute approximate surface area is 107 Å². The van der Waals surface area contributed by atoms with Gasteiger partial charge in [-0.05, 0) is 31.2 Å². The average molecular weight is 243 g/mol. The van der Waals surface area contributed by atoms with Crippen molar-refractivity contribution in [1.82, 2.24) is 4.98 Å². The van der Waals surface area contributed by atoms with Crippen LogP contribution in [0.2, 0.25) is 0 Å². The van der Waals surface area contributed by atoms with Crippen molar-refractivity contribution in [1.29, 1.82) is 0 Å². The summed E-state index contributed by atoms with van der Waals surface area (Å²) in [6.45, 7) is 3.48. The van der Waals surface area contributed by atoms with Crippen LogP contribution in [-0.4, -0.2) is 25.0 Å². The van der Waals surface area contributed by atoms with Gasteiger partial charge in [0, 0.05) is 43.5 Å². The van der Waals surface area contributed by atoms with Gasteiger partial charge in [0.1, 0.15) is 0 Å². The van der Waals surface area contributed by atoms with E-state index in [1.165, 1.54) is 6.92 Å². The summed E-state index contributed by atoms with van der Waals surface area (Å²) in [5, 5.41) is 3.83. The molecule has 0 aliphatic rings. The fourth-order valence-electron chi connectivity index (χ4n) is 1.99. The Kier molecular flexibility index (Phi) is 3.19. The van der Waals surface area contributed by atoms with Gasteiger partial charge < -0.3 is 10.2 Å². The average Bonchev–Trinajstić information content (AvgIpc) is 2.27. The van der Waals surface area contributed by atoms with Gasteiger partial charge >= 0.3 is 0 Å². The van der Waals surface area contributed by atoms with E-state index in [0.29, 0.717) is 0 Å². The molecule has 0 unspecified atom stereocenters. The molecule has 0 radical (unpaired) electrons. The Hall–Kier alpha value is -2.10. The van der Waals surface area contributed by atoms with Crippen molar-refractivity contribution >= 4 is 28.2 Å². The summed E-state index contributed by atoms with van der Waals surface area (Å²) >= 11 is 0. The third-order valence-corrected chi connectivity index (χ3v) is 2.72. The molecule has 94 valence electrons. The van der Waals surface area contributed by atoms with Crippen LogP contribution < -0.4 is 10.2 Å². The second kappa shape index (κ2) is 4.64. The van der Waals surface area contributed by atoms with E-state index in [1.54, 1.807) is 0 Å². The number of pyridine rings is 1. The zero-order valence-electron chi connectivity index (χ0n) is 11.1. The zero-order chi connectivity index (χ0) is 13.3. The number of aryl methyl sites for hydroxylation is 1. The van der Waals surface area contributed by atoms with Crippen molar-refractivity contribution < 1.29 is 4.79 Å². The lowest BCUT2D eigenvalue weighted by molar-refractivity contribution is -0.114. The first-order valence-electron chi connectivity index (χ1n) is 5.83. The van der Waals surface area contributed by atoms with Crippen LogP contribution in [0.15, 0.2) is 24.3 Å². The van der Waals surface area contributed by atoms with Crippen molar-refractivity contribution in [3.05, 3.63) is 30.0 Å². The summed E-state index contributed by atoms with van der Waals surface area (Å²) in [5.74, 6) is -0.0687. The van der Waals surface area contributed by atoms with Gasteiger partial charge in [0.05, 0.1) is 5.52 Å². The van der Waals surface area contributed by atoms with Crippen molar-refractivity contribution in [3.63, 3.8) is 0 Å². The third-order valence-electron chi connectivity index (χ3n) is 2.72. The number of rotatable bonds is 2. The van der Waals surface area contributed by atoms with E-state index in [0.717, 1.165) is 28.0 Å². The van der Waals surface area contributed by atoms with Crippen LogP contribution >= 0.6 is 0 Å². The lowest BCUT2D eigenvalue weighted by Gasteiger charge is -2.16. The Morgan fingerprint density at radius 3 is 2.61 bits per heavy atom. The number of hydrogen-bond acceptors (Lipinski definition) is 3. The lowest BCUT2D eigenvalue weighted by Crippen LogP contribution is -2.10. The maximum atomic E-state index is 11.1. The summed E-state index contributed by atoms with van der Waals surface area (Å²) < 4.78 is 0. The van der Waals surface area contributed by atoms with E-state index in [1.807, 2.05) is 45.3 Å². The number of nitrogens with one attached hydrogen (secondary N) is 1. The first-order chi connectivity index (χ1) is 8.47. The van der Waals surface area contributed by atoms with Crippen LogP contribution in [0.3, 0.4) is 0 Å². The summed E-state index contributed by atoms with van der Waals surface area (Å²) in [6, 6.07) is 7.80. The normalized spacial score (nSPS) is 10.4. The molecule has 2 rings (SSSR count). The SMILES string of the molecule is CC(=O)Nc1ccc2nc(C)cc(N(C)C)c2c1. The molecule has 1 amide bonds. The van der Waals surface area contributed by atoms with Crippen LogP contribution in [0.5, 0.6) is 0 Å². The summed E-state index contributed by atoms with van der Waals surface area (Å²) in [5.41, 5.74) is 3.82. The predicted molar refractivity (Wildman–Crippen MR) is 75.1 cm³/mol. The molecule has 0 atom stereocenters. The summed E-state index contributed by atoms with van der Waals surface area (Å²) in [6.07, 6.45) is 0. The molecule has 18 heavy (non-hydrogen) atoms. The topological polar surface area (TPSA) is 45.2 Å². The molecular weight excluding hydrogens is 226 g/mol. The fourth-order valence-corrected chi connectivity index (χ4v) is 1.99. The number of carbonyl (C=O) groups is 1. The van der Waals surface area contributed by atoms with Crippen molar-refractivity contribution in [2.75, 3.05) is 24.3 Å². The molecule has 2 aromatic rings. The number of amides is 1. The second-order valence-electron chi connectivity index (χ2n) is 4.59. The second-order valence-corrected chi connectivity index (χ2v) is 4.59. The molecule has 1 heterocycles. The quantitative estimate of drug-likeness (QED) is 0.881. The van der Waals surface area contributed by atoms with Gasteiger partial charge in [-0.2, -0.15) is 0 Å². The molecular formula is C14H17N3O. The van der Waals surface area contributed by atoms with E-state index in [2.05, 4.69) is 15.2 Å². The van der Waals surface area contributed by atoms with E-state index < -0.39 is 0 Å². The highest BCUT2D eigenvalue weighted by atomic mass is 16.1. The lowest BCUT2D eigenvalue weighted by atomic mass is 10.1. The maximum Gasteiger partial charge on any atom is 0.221 e. The molecule has 0 saturated carbocycles. The molecule has 0 fully saturated rings. The molecule has 0 aliphatic heterocycles. The Balaban J connectivity index is 2.63. The Morgan fingerprint density at radius 1 is 1.28 bits per heavy atom. The molecule has 0 aliphatic carbocycles. The molecule has 4 heteroatoms. The molecule has 0 spiro atoms. The van der Waals surface area contributed by atoms with Crippen molar-refractivity contribution in [2.24, 2.45) is 0 Å². The number of fused-ring (bicyclic) bond motifs is 1. The predicted octanol–water partition coefficient (Wildman–Crippen LogP) is 2.57. The van der Waals surface area contributed by atoms with Crippen molar-refractivity contribution in [2.45, 2.75) is 13.8 Å². The van der Waals surface area contributed by atoms with Crippen LogP contribution in [0.25, 0.3) is 10.9 Å². The first-order valence-corrected chi connectivity index (χ1v) is 5.83. The highest BCUT2D eigenvalue weighted by Crippen LogP contribution is 2.27. The van der Waals surface area contributed by atoms with Crippen LogP contribution in [0.1, 0.15) is 12.6 Å². The van der Waals surface area contributed by atoms with Crippen molar-refractivity contribution in [3.8, 4) is 0 Å². The minimum Gasteiger partial charge on any atom is -0.377 e. The number of carbonyl (C=O) groups excluding carboxylic acids is 1. The number of anilines is 2. The Bertz CT molecular complexity index is 605. The molecule has 0 saturated heterocycles. The van der Waals surface area contributed by atoms with E-state index in [4.69, 9.17) is 0 Å². The highest BCUT2D eigenvalue weighted by molar-refractivity contribution is 5.97. The third kappa shape index (κ3) is 2.42. The van der Waals surface area contributed by atoms with Crippen LogP contribution in [-0.2, 0) is 4.79 Å². The highest BCUT2D eigenvalue weighted by Gasteiger charge is 2.07. The van der Waals surface area contributed by atoms with Crippen LogP contribution in [0, 0.1) is 6.92 Å². The Morgan fingerprint density at radius 2 is 2.00 bits per heavy atom. The summed E-state index contributed by atoms with van der Waals surface area (Å²) in [4.78, 5) is 17.6. The van der Waals surface area contributed by atoms with E-state index >= 15 is 0 Å². The van der Waals surface area contributed by atoms with Gasteiger partial charge in [-0.25, -0.2) is 0 Å². The molecule has 1 N–H and O–H groups in total. The number of nitrogens with zero attached hydrogens (tertiary/aromatic N) is 2. The number of hydrogen-bond donors (Lipinski definition) is 1. The van der Waals surface area contributed by atoms with Crippen LogP contribution in [0.4, 0.5) is 11.4 Å². The zero-order valence-corrected chi connectivity index (χ0v) is 11.1. The smallest absolute Gasteiger partial charge is 0.221 e. The fraction of sp³-hybridized carbons (Fsp3) is 0.286. The first kappa shape index (κ1) is 12.4. The monoisotopic (exact) mass is 243 g/mol. The minimum atomic E-state index is -0.0687. The van der Waals surface area contributed by atoms with E-state index in [9.17, 15) is 4.79 Å². The minimum absolute atomic E-state index is 0.0687. The van der Waals surface area contributed by atoms with Gasteiger partial charge in [0.2, 0.25) is 5.91 Å². The van der Waals surface area contributed by atoms with Gasteiger partial charge in [-0.1, -0.05) is 0 Å². The standard InChI is InChI=1S/C14H17N3O/c1-9-7-14(17(3)4)12-8-11(16-10(2)18)5-6-13(12)15-9/h5-8H,1-4H3,(H,16,18). The largest absolute Gasteiger partial charge is 0.377 e.